The number of carboxylic acid groups (broad SMARTS) is 1. The molecule has 0 atom stereocenters. The lowest BCUT2D eigenvalue weighted by atomic mass is 9.47. The molecule has 0 spiro atoms. The highest BCUT2D eigenvalue weighted by Gasteiger charge is 2.52. The predicted molar refractivity (Wildman–Crippen MR) is 128 cm³/mol. The molecule has 4 nitrogen and oxygen atoms in total. The molecule has 0 radical (unpaired) electrons. The van der Waals surface area contributed by atoms with Gasteiger partial charge in [0.05, 0.1) is 18.2 Å². The van der Waals surface area contributed by atoms with E-state index in [-0.39, 0.29) is 16.9 Å². The van der Waals surface area contributed by atoms with Crippen molar-refractivity contribution >= 4 is 22.7 Å². The molecule has 33 heavy (non-hydrogen) atoms. The molecule has 0 saturated heterocycles. The van der Waals surface area contributed by atoms with Gasteiger partial charge in [-0.3, -0.25) is 0 Å². The molecule has 7 rings (SSSR count). The van der Waals surface area contributed by atoms with Gasteiger partial charge < -0.3 is 9.84 Å². The van der Waals surface area contributed by atoms with Gasteiger partial charge in [-0.15, -0.1) is 0 Å². The molecule has 0 aliphatic heterocycles. The number of carbonyl (C=O) groups excluding carboxylic acids is 1. The van der Waals surface area contributed by atoms with E-state index >= 15 is 0 Å². The summed E-state index contributed by atoms with van der Waals surface area (Å²) in [5.41, 5.74) is 4.26. The highest BCUT2D eigenvalue weighted by atomic mass is 16.5. The van der Waals surface area contributed by atoms with Crippen LogP contribution in [0.5, 0.6) is 0 Å². The number of hydrogen-bond donors (Lipinski definition) is 1. The second-order valence-corrected chi connectivity index (χ2v) is 10.5. The number of carboxylic acids is 1. The average Bonchev–Trinajstić information content (AvgIpc) is 2.81. The number of hydrogen-bond acceptors (Lipinski definition) is 3. The molecule has 168 valence electrons. The van der Waals surface area contributed by atoms with E-state index in [0.29, 0.717) is 5.56 Å². The van der Waals surface area contributed by atoms with Crippen molar-refractivity contribution in [3.05, 3.63) is 71.3 Å². The molecule has 0 amide bonds. The monoisotopic (exact) mass is 440 g/mol. The fraction of sp³-hybridized carbons (Fsp3) is 0.379. The zero-order valence-electron chi connectivity index (χ0n) is 18.8. The van der Waals surface area contributed by atoms with Crippen LogP contribution < -0.4 is 0 Å². The van der Waals surface area contributed by atoms with E-state index in [9.17, 15) is 14.7 Å². The molecule has 4 aliphatic carbocycles. The van der Waals surface area contributed by atoms with Crippen LogP contribution in [0.15, 0.2) is 54.6 Å². The fourth-order valence-electron chi connectivity index (χ4n) is 7.53. The van der Waals surface area contributed by atoms with Gasteiger partial charge in [0.2, 0.25) is 0 Å². The zero-order chi connectivity index (χ0) is 22.7. The Morgan fingerprint density at radius 2 is 1.55 bits per heavy atom. The van der Waals surface area contributed by atoms with Gasteiger partial charge >= 0.3 is 11.9 Å². The maximum absolute atomic E-state index is 12.9. The molecule has 3 aromatic carbocycles. The number of carbonyl (C=O) groups is 2. The van der Waals surface area contributed by atoms with Crippen LogP contribution in [0, 0.1) is 17.8 Å². The largest absolute Gasteiger partial charge is 0.478 e. The minimum atomic E-state index is -0.925. The Morgan fingerprint density at radius 1 is 0.909 bits per heavy atom. The minimum Gasteiger partial charge on any atom is -0.478 e. The topological polar surface area (TPSA) is 63.6 Å². The summed E-state index contributed by atoms with van der Waals surface area (Å²) in [7, 11) is 1.47. The van der Waals surface area contributed by atoms with Gasteiger partial charge in [0.25, 0.3) is 0 Å². The molecule has 1 N–H and O–H groups in total. The number of fused-ring (bicyclic) bond motifs is 1. The third-order valence-electron chi connectivity index (χ3n) is 8.48. The van der Waals surface area contributed by atoms with Crippen LogP contribution in [0.2, 0.25) is 0 Å². The summed E-state index contributed by atoms with van der Waals surface area (Å²) in [6.45, 7) is 0. The quantitative estimate of drug-likeness (QED) is 0.473. The molecule has 4 fully saturated rings. The summed E-state index contributed by atoms with van der Waals surface area (Å²) in [6.07, 6.45) is 7.56. The van der Waals surface area contributed by atoms with Gasteiger partial charge in [-0.2, -0.15) is 0 Å². The fourth-order valence-corrected chi connectivity index (χ4v) is 7.53. The third-order valence-corrected chi connectivity index (χ3v) is 8.48. The van der Waals surface area contributed by atoms with Gasteiger partial charge in [-0.25, -0.2) is 9.59 Å². The summed E-state index contributed by atoms with van der Waals surface area (Å²) >= 11 is 0. The van der Waals surface area contributed by atoms with Crippen LogP contribution in [-0.4, -0.2) is 24.2 Å². The summed E-state index contributed by atoms with van der Waals surface area (Å²) in [5, 5.41) is 11.4. The highest BCUT2D eigenvalue weighted by molar-refractivity contribution is 6.03. The van der Waals surface area contributed by atoms with Crippen molar-refractivity contribution in [2.45, 2.75) is 43.9 Å². The van der Waals surface area contributed by atoms with Crippen LogP contribution in [0.25, 0.3) is 21.9 Å². The normalized spacial score (nSPS) is 27.6. The van der Waals surface area contributed by atoms with Gasteiger partial charge in [-0.05, 0) is 113 Å². The van der Waals surface area contributed by atoms with Crippen molar-refractivity contribution in [2.24, 2.45) is 17.8 Å². The van der Waals surface area contributed by atoms with E-state index in [1.807, 2.05) is 30.3 Å². The molecular formula is C29H28O4. The number of esters is 1. The Balaban J connectivity index is 1.55. The number of benzene rings is 3. The van der Waals surface area contributed by atoms with Gasteiger partial charge in [-0.1, -0.05) is 30.3 Å². The maximum atomic E-state index is 12.9. The smallest absolute Gasteiger partial charge is 0.338 e. The van der Waals surface area contributed by atoms with Crippen molar-refractivity contribution < 1.29 is 19.4 Å². The minimum absolute atomic E-state index is 0.0622. The van der Waals surface area contributed by atoms with Gasteiger partial charge in [0.1, 0.15) is 0 Å². The van der Waals surface area contributed by atoms with Crippen LogP contribution >= 0.6 is 0 Å². The first-order valence-electron chi connectivity index (χ1n) is 11.9. The van der Waals surface area contributed by atoms with Gasteiger partial charge in [0, 0.05) is 0 Å². The first kappa shape index (κ1) is 20.5. The SMILES string of the molecule is COC(=O)c1cc2cccc(-c3ccc(C(=O)O)cc3)c2cc1C12CC3CC(CC(C3)C1)C2. The van der Waals surface area contributed by atoms with Crippen LogP contribution in [0.4, 0.5) is 0 Å². The van der Waals surface area contributed by atoms with Crippen LogP contribution in [-0.2, 0) is 10.2 Å². The van der Waals surface area contributed by atoms with E-state index in [1.54, 1.807) is 12.1 Å². The Hall–Kier alpha value is -3.14. The van der Waals surface area contributed by atoms with E-state index in [2.05, 4.69) is 12.1 Å². The summed E-state index contributed by atoms with van der Waals surface area (Å²) in [6, 6.07) is 17.4. The first-order valence-corrected chi connectivity index (χ1v) is 11.9. The standard InChI is InChI=1S/C29H28O4/c1-33-28(32)25-12-22-3-2-4-23(20-5-7-21(8-6-20)27(30)31)24(22)13-26(25)29-14-17-9-18(15-29)11-19(10-17)16-29/h2-8,12-13,17-19H,9-11,14-16H2,1H3,(H,30,31). The zero-order valence-corrected chi connectivity index (χ0v) is 18.8. The number of methoxy groups -OCH3 is 1. The molecule has 4 heteroatoms. The average molecular weight is 441 g/mol. The predicted octanol–water partition coefficient (Wildman–Crippen LogP) is 6.46. The summed E-state index contributed by atoms with van der Waals surface area (Å²) in [4.78, 5) is 24.2. The van der Waals surface area contributed by atoms with Gasteiger partial charge in [0.15, 0.2) is 0 Å². The highest BCUT2D eigenvalue weighted by Crippen LogP contribution is 2.61. The van der Waals surface area contributed by atoms with Crippen molar-refractivity contribution in [3.8, 4) is 11.1 Å². The van der Waals surface area contributed by atoms with Crippen molar-refractivity contribution in [1.29, 1.82) is 0 Å². The van der Waals surface area contributed by atoms with E-state index in [1.165, 1.54) is 45.6 Å². The van der Waals surface area contributed by atoms with Crippen molar-refractivity contribution in [3.63, 3.8) is 0 Å². The lowest BCUT2D eigenvalue weighted by Crippen LogP contribution is -2.49. The molecule has 4 bridgehead atoms. The second kappa shape index (κ2) is 7.44. The van der Waals surface area contributed by atoms with Crippen molar-refractivity contribution in [2.75, 3.05) is 7.11 Å². The Kier molecular flexibility index (Phi) is 4.62. The van der Waals surface area contributed by atoms with E-state index < -0.39 is 5.97 Å². The summed E-state index contributed by atoms with van der Waals surface area (Å²) in [5.74, 6) is 1.15. The van der Waals surface area contributed by atoms with Crippen LogP contribution in [0.1, 0.15) is 64.8 Å². The molecule has 0 unspecified atom stereocenters. The Bertz CT molecular complexity index is 1240. The number of aromatic carboxylic acids is 1. The molecule has 4 aliphatic rings. The molecule has 0 heterocycles. The first-order chi connectivity index (χ1) is 16.0. The lowest BCUT2D eigenvalue weighted by molar-refractivity contribution is -0.00587. The summed E-state index contributed by atoms with van der Waals surface area (Å²) < 4.78 is 5.25. The van der Waals surface area contributed by atoms with E-state index in [0.717, 1.165) is 45.2 Å². The van der Waals surface area contributed by atoms with E-state index in [4.69, 9.17) is 4.74 Å². The number of rotatable bonds is 4. The molecule has 0 aromatic heterocycles. The lowest BCUT2D eigenvalue weighted by Gasteiger charge is -2.57. The number of ether oxygens (including phenoxy) is 1. The molecule has 4 saturated carbocycles. The Labute approximate surface area is 193 Å². The van der Waals surface area contributed by atoms with Crippen LogP contribution in [0.3, 0.4) is 0 Å². The Morgan fingerprint density at radius 3 is 2.12 bits per heavy atom. The molecular weight excluding hydrogens is 412 g/mol. The molecule has 3 aromatic rings. The second-order valence-electron chi connectivity index (χ2n) is 10.5. The maximum Gasteiger partial charge on any atom is 0.338 e. The third kappa shape index (κ3) is 3.26. The van der Waals surface area contributed by atoms with Crippen molar-refractivity contribution in [1.82, 2.24) is 0 Å².